The Labute approximate surface area is 259 Å². The molecule has 0 fully saturated rings. The van der Waals surface area contributed by atoms with Gasteiger partial charge in [-0.1, -0.05) is 36.4 Å². The summed E-state index contributed by atoms with van der Waals surface area (Å²) in [5.74, 6) is -2.41. The summed E-state index contributed by atoms with van der Waals surface area (Å²) in [5, 5.41) is 12.3. The predicted octanol–water partition coefficient (Wildman–Crippen LogP) is 4.47. The molecule has 0 radical (unpaired) electrons. The van der Waals surface area contributed by atoms with E-state index < -0.39 is 50.2 Å². The maximum absolute atomic E-state index is 13.1. The van der Waals surface area contributed by atoms with Gasteiger partial charge in [-0.3, -0.25) is 0 Å². The van der Waals surface area contributed by atoms with Crippen LogP contribution in [0.25, 0.3) is 31.9 Å². The minimum atomic E-state index is -4.97. The molecule has 3 N–H and O–H groups in total. The molecule has 0 unspecified atom stereocenters. The number of hydrogen-bond donors (Lipinski definition) is 2. The van der Waals surface area contributed by atoms with Crippen molar-refractivity contribution in [2.45, 2.75) is 31.0 Å². The molecular formula is C27H24F3N5O7S3. The second-order valence-electron chi connectivity index (χ2n) is 9.69. The number of nitrogens with one attached hydrogen (secondary N) is 1. The van der Waals surface area contributed by atoms with Crippen LogP contribution in [0.2, 0.25) is 0 Å². The van der Waals surface area contributed by atoms with E-state index in [9.17, 15) is 30.0 Å². The summed E-state index contributed by atoms with van der Waals surface area (Å²) >= 11 is 1.18. The van der Waals surface area contributed by atoms with E-state index >= 15 is 0 Å². The summed E-state index contributed by atoms with van der Waals surface area (Å²) < 4.78 is 105. The Morgan fingerprint density at radius 1 is 0.933 bits per heavy atom. The Morgan fingerprint density at radius 2 is 1.64 bits per heavy atom. The van der Waals surface area contributed by atoms with Crippen LogP contribution < -0.4 is 14.6 Å². The highest BCUT2D eigenvalue weighted by atomic mass is 32.2. The van der Waals surface area contributed by atoms with Gasteiger partial charge in [0.15, 0.2) is 9.84 Å². The van der Waals surface area contributed by atoms with Gasteiger partial charge >= 0.3 is 6.36 Å². The van der Waals surface area contributed by atoms with Gasteiger partial charge in [0.05, 0.1) is 29.1 Å². The molecule has 3 aromatic carbocycles. The summed E-state index contributed by atoms with van der Waals surface area (Å²) in [7, 11) is -6.47. The molecule has 0 bridgehead atoms. The van der Waals surface area contributed by atoms with Gasteiger partial charge in [-0.2, -0.15) is 13.1 Å². The van der Waals surface area contributed by atoms with Gasteiger partial charge in [0.2, 0.25) is 11.8 Å². The van der Waals surface area contributed by atoms with Crippen LogP contribution in [0, 0.1) is 0 Å². The highest BCUT2D eigenvalue weighted by Gasteiger charge is 2.32. The monoisotopic (exact) mass is 683 g/mol. The zero-order valence-electron chi connectivity index (χ0n) is 23.2. The van der Waals surface area contributed by atoms with E-state index in [0.29, 0.717) is 12.1 Å². The second-order valence-corrected chi connectivity index (χ2v) is 14.2. The molecule has 0 aliphatic carbocycles. The van der Waals surface area contributed by atoms with Gasteiger partial charge in [0.25, 0.3) is 10.2 Å². The molecule has 5 rings (SSSR count). The van der Waals surface area contributed by atoms with E-state index in [1.807, 2.05) is 41.1 Å². The minimum absolute atomic E-state index is 0.135. The maximum Gasteiger partial charge on any atom is 0.573 e. The largest absolute Gasteiger partial charge is 0.573 e. The first-order valence-corrected chi connectivity index (χ1v) is 17.0. The number of aromatic nitrogens is 3. The number of thiazole rings is 1. The van der Waals surface area contributed by atoms with Crippen molar-refractivity contribution in [1.82, 2.24) is 19.9 Å². The molecule has 0 aliphatic rings. The topological polar surface area (TPSA) is 177 Å². The van der Waals surface area contributed by atoms with Crippen molar-refractivity contribution in [1.29, 1.82) is 0 Å². The first kappa shape index (κ1) is 32.5. The average Bonchev–Trinajstić information content (AvgIpc) is 3.58. The molecule has 0 atom stereocenters. The van der Waals surface area contributed by atoms with Gasteiger partial charge in [-0.25, -0.2) is 18.5 Å². The van der Waals surface area contributed by atoms with E-state index in [1.165, 1.54) is 17.4 Å². The quantitative estimate of drug-likeness (QED) is 0.191. The maximum atomic E-state index is 13.1. The Hall–Kier alpha value is -3.94. The third kappa shape index (κ3) is 8.83. The lowest BCUT2D eigenvalue weighted by atomic mass is 10.0. The fraction of sp³-hybridized carbons (Fsp3) is 0.222. The van der Waals surface area contributed by atoms with Crippen molar-refractivity contribution in [3.8, 4) is 27.4 Å². The summed E-state index contributed by atoms with van der Waals surface area (Å²) in [4.78, 5) is 4.58. The normalized spacial score (nSPS) is 12.6. The van der Waals surface area contributed by atoms with Crippen LogP contribution in [0.5, 0.6) is 5.75 Å². The molecule has 0 saturated carbocycles. The van der Waals surface area contributed by atoms with Gasteiger partial charge in [0.1, 0.15) is 16.5 Å². The smallest absolute Gasteiger partial charge is 0.423 e. The third-order valence-corrected chi connectivity index (χ3v) is 9.22. The van der Waals surface area contributed by atoms with Crippen molar-refractivity contribution in [2.24, 2.45) is 5.14 Å². The predicted molar refractivity (Wildman–Crippen MR) is 158 cm³/mol. The first-order chi connectivity index (χ1) is 21.2. The number of halogens is 3. The van der Waals surface area contributed by atoms with Crippen LogP contribution in [0.4, 0.5) is 13.2 Å². The van der Waals surface area contributed by atoms with E-state index in [4.69, 9.17) is 14.3 Å². The Morgan fingerprint density at radius 3 is 2.33 bits per heavy atom. The zero-order valence-corrected chi connectivity index (χ0v) is 25.7. The number of rotatable bonds is 12. The second kappa shape index (κ2) is 12.8. The number of benzene rings is 3. The average molecular weight is 684 g/mol. The van der Waals surface area contributed by atoms with Crippen molar-refractivity contribution >= 4 is 41.6 Å². The van der Waals surface area contributed by atoms with Crippen LogP contribution in [-0.4, -0.2) is 45.5 Å². The van der Waals surface area contributed by atoms with E-state index in [2.05, 4.69) is 19.9 Å². The van der Waals surface area contributed by atoms with E-state index in [0.717, 1.165) is 33.5 Å². The molecular weight excluding hydrogens is 660 g/mol. The molecule has 5 aromatic rings. The molecule has 0 aliphatic heterocycles. The SMILES string of the molecule is COCc1ccc(-c2ccc3nc(-c4cc(OC(F)(F)F)ccc4CS(=O)(=O)Cc4nnc(CNS(N)(=O)=O)o4)sc3c2)cc1. The van der Waals surface area contributed by atoms with Gasteiger partial charge in [-0.15, -0.1) is 34.7 Å². The van der Waals surface area contributed by atoms with Crippen molar-refractivity contribution < 1.29 is 43.9 Å². The molecule has 238 valence electrons. The fourth-order valence-corrected chi connectivity index (χ4v) is 7.02. The van der Waals surface area contributed by atoms with Crippen molar-refractivity contribution in [2.75, 3.05) is 7.11 Å². The fourth-order valence-electron chi connectivity index (χ4n) is 4.31. The highest BCUT2D eigenvalue weighted by molar-refractivity contribution is 7.89. The van der Waals surface area contributed by atoms with E-state index in [1.54, 1.807) is 13.2 Å². The summed E-state index contributed by atoms with van der Waals surface area (Å²) in [6, 6.07) is 16.6. The van der Waals surface area contributed by atoms with Crippen LogP contribution in [-0.2, 0) is 49.4 Å². The molecule has 0 amide bonds. The number of hydrogen-bond acceptors (Lipinski definition) is 11. The molecule has 2 aromatic heterocycles. The lowest BCUT2D eigenvalue weighted by molar-refractivity contribution is -0.274. The Kier molecular flexibility index (Phi) is 9.24. The number of methoxy groups -OCH3 is 1. The van der Waals surface area contributed by atoms with Crippen LogP contribution in [0.15, 0.2) is 65.1 Å². The zero-order chi connectivity index (χ0) is 32.4. The molecule has 45 heavy (non-hydrogen) atoms. The minimum Gasteiger partial charge on any atom is -0.423 e. The summed E-state index contributed by atoms with van der Waals surface area (Å²) in [5.41, 5.74) is 3.69. The first-order valence-electron chi connectivity index (χ1n) is 12.8. The molecule has 18 heteroatoms. The number of nitrogens with zero attached hydrogens (tertiary/aromatic N) is 3. The molecule has 0 spiro atoms. The number of fused-ring (bicyclic) bond motifs is 1. The van der Waals surface area contributed by atoms with Gasteiger partial charge < -0.3 is 13.9 Å². The summed E-state index contributed by atoms with van der Waals surface area (Å²) in [6.07, 6.45) is -4.97. The van der Waals surface area contributed by atoms with E-state index in [-0.39, 0.29) is 27.9 Å². The van der Waals surface area contributed by atoms with Crippen LogP contribution in [0.1, 0.15) is 22.9 Å². The lowest BCUT2D eigenvalue weighted by Gasteiger charge is -2.13. The number of alkyl halides is 3. The summed E-state index contributed by atoms with van der Waals surface area (Å²) in [6.45, 7) is 0.0243. The van der Waals surface area contributed by atoms with Crippen LogP contribution >= 0.6 is 11.3 Å². The van der Waals surface area contributed by atoms with Crippen molar-refractivity contribution in [3.05, 3.63) is 83.6 Å². The molecule has 2 heterocycles. The molecule has 12 nitrogen and oxygen atoms in total. The Balaban J connectivity index is 1.45. The number of nitrogens with two attached hydrogens (primary N) is 1. The molecule has 0 saturated heterocycles. The standard InChI is InChI=1S/C27H24F3N5O7S3/c1-40-13-16-2-4-17(5-3-16)18-7-9-22-23(10-18)43-26(33-22)21-11-20(42-27(28,29)30)8-6-19(21)14-44(36,37)15-25-35-34-24(41-25)12-32-45(31,38)39/h2-11,32H,12-15H2,1H3,(H2,31,38,39). The highest BCUT2D eigenvalue weighted by Crippen LogP contribution is 2.38. The van der Waals surface area contributed by atoms with Gasteiger partial charge in [-0.05, 0) is 46.5 Å². The van der Waals surface area contributed by atoms with Crippen LogP contribution in [0.3, 0.4) is 0 Å². The Bertz CT molecular complexity index is 2050. The number of ether oxygens (including phenoxy) is 2. The number of sulfone groups is 1. The van der Waals surface area contributed by atoms with Gasteiger partial charge in [0, 0.05) is 12.7 Å². The van der Waals surface area contributed by atoms with Crippen molar-refractivity contribution in [3.63, 3.8) is 0 Å². The third-order valence-electron chi connectivity index (χ3n) is 6.18. The lowest BCUT2D eigenvalue weighted by Crippen LogP contribution is -2.30.